The van der Waals surface area contributed by atoms with Crippen LogP contribution in [0.4, 0.5) is 0 Å². The minimum absolute atomic E-state index is 0.0162. The van der Waals surface area contributed by atoms with Gasteiger partial charge in [-0.3, -0.25) is 9.59 Å². The van der Waals surface area contributed by atoms with E-state index in [1.165, 1.54) is 0 Å². The van der Waals surface area contributed by atoms with Crippen molar-refractivity contribution in [3.63, 3.8) is 0 Å². The number of phenolic OH excluding ortho intramolecular Hbond substituents is 1. The van der Waals surface area contributed by atoms with Gasteiger partial charge in [-0.15, -0.1) is 0 Å². The van der Waals surface area contributed by atoms with Gasteiger partial charge in [0, 0.05) is 6.04 Å². The third kappa shape index (κ3) is 5.83. The molecule has 21 heavy (non-hydrogen) atoms. The molecule has 0 fully saturated rings. The van der Waals surface area contributed by atoms with Crippen LogP contribution in [0.3, 0.4) is 0 Å². The van der Waals surface area contributed by atoms with Crippen LogP contribution >= 0.6 is 0 Å². The first-order valence-electron chi connectivity index (χ1n) is 6.94. The van der Waals surface area contributed by atoms with E-state index in [1.807, 2.05) is 13.8 Å². The van der Waals surface area contributed by atoms with Gasteiger partial charge in [-0.2, -0.15) is 0 Å². The van der Waals surface area contributed by atoms with Crippen molar-refractivity contribution >= 4 is 11.8 Å². The lowest BCUT2D eigenvalue weighted by Gasteiger charge is -2.18. The molecule has 5 N–H and O–H groups in total. The average Bonchev–Trinajstić information content (AvgIpc) is 2.40. The summed E-state index contributed by atoms with van der Waals surface area (Å²) in [6, 6.07) is 5.13. The van der Waals surface area contributed by atoms with Crippen molar-refractivity contribution in [2.45, 2.75) is 45.3 Å². The lowest BCUT2D eigenvalue weighted by atomic mass is 10.1. The van der Waals surface area contributed by atoms with Crippen molar-refractivity contribution in [3.05, 3.63) is 29.8 Å². The zero-order valence-corrected chi connectivity index (χ0v) is 12.6. The number of carbonyl (C=O) groups is 2. The van der Waals surface area contributed by atoms with Crippen LogP contribution in [0.5, 0.6) is 5.75 Å². The fraction of sp³-hybridized carbons (Fsp3) is 0.467. The van der Waals surface area contributed by atoms with Gasteiger partial charge in [-0.1, -0.05) is 12.1 Å². The highest BCUT2D eigenvalue weighted by Gasteiger charge is 2.20. The Labute approximate surface area is 124 Å². The largest absolute Gasteiger partial charge is 0.508 e. The van der Waals surface area contributed by atoms with Crippen LogP contribution in [-0.2, 0) is 16.0 Å². The summed E-state index contributed by atoms with van der Waals surface area (Å²) in [5, 5.41) is 14.5. The second kappa shape index (κ2) is 7.64. The van der Waals surface area contributed by atoms with Gasteiger partial charge >= 0.3 is 0 Å². The number of hydrogen-bond acceptors (Lipinski definition) is 4. The van der Waals surface area contributed by atoms with Crippen LogP contribution in [0.2, 0.25) is 0 Å². The van der Waals surface area contributed by atoms with Crippen molar-refractivity contribution in [3.8, 4) is 5.75 Å². The summed E-state index contributed by atoms with van der Waals surface area (Å²) in [4.78, 5) is 23.7. The minimum atomic E-state index is -0.746. The van der Waals surface area contributed by atoms with Gasteiger partial charge in [0.2, 0.25) is 11.8 Å². The van der Waals surface area contributed by atoms with Crippen molar-refractivity contribution in [2.24, 2.45) is 5.73 Å². The molecule has 1 aromatic rings. The van der Waals surface area contributed by atoms with Gasteiger partial charge in [0.25, 0.3) is 0 Å². The van der Waals surface area contributed by atoms with E-state index in [0.29, 0.717) is 6.42 Å². The van der Waals surface area contributed by atoms with Gasteiger partial charge in [-0.25, -0.2) is 0 Å². The molecule has 0 radical (unpaired) electrons. The predicted octanol–water partition coefficient (Wildman–Crippen LogP) is 0.291. The molecule has 1 aromatic carbocycles. The maximum atomic E-state index is 11.9. The number of phenols is 1. The summed E-state index contributed by atoms with van der Waals surface area (Å²) in [5.41, 5.74) is 6.67. The van der Waals surface area contributed by atoms with Crippen molar-refractivity contribution in [1.29, 1.82) is 0 Å². The molecule has 2 atom stereocenters. The Kier molecular flexibility index (Phi) is 6.17. The van der Waals surface area contributed by atoms with Crippen molar-refractivity contribution < 1.29 is 14.7 Å². The third-order valence-electron chi connectivity index (χ3n) is 2.91. The summed E-state index contributed by atoms with van der Waals surface area (Å²) in [7, 11) is 0. The van der Waals surface area contributed by atoms with E-state index >= 15 is 0 Å². The van der Waals surface area contributed by atoms with E-state index in [9.17, 15) is 14.7 Å². The first-order valence-corrected chi connectivity index (χ1v) is 6.94. The number of carbonyl (C=O) groups excluding carboxylic acids is 2. The number of benzene rings is 1. The fourth-order valence-electron chi connectivity index (χ4n) is 1.77. The molecule has 0 aliphatic heterocycles. The Hall–Kier alpha value is -2.08. The van der Waals surface area contributed by atoms with Crippen molar-refractivity contribution in [2.75, 3.05) is 0 Å². The Morgan fingerprint density at radius 2 is 1.67 bits per heavy atom. The molecule has 0 aliphatic carbocycles. The maximum Gasteiger partial charge on any atom is 0.242 e. The van der Waals surface area contributed by atoms with Crippen LogP contribution in [0.15, 0.2) is 24.3 Å². The van der Waals surface area contributed by atoms with E-state index in [2.05, 4.69) is 10.6 Å². The smallest absolute Gasteiger partial charge is 0.242 e. The molecule has 6 heteroatoms. The van der Waals surface area contributed by atoms with E-state index in [1.54, 1.807) is 31.2 Å². The summed E-state index contributed by atoms with van der Waals surface area (Å²) < 4.78 is 0. The molecule has 0 saturated carbocycles. The number of rotatable bonds is 6. The molecule has 116 valence electrons. The van der Waals surface area contributed by atoms with Gasteiger partial charge in [0.15, 0.2) is 0 Å². The monoisotopic (exact) mass is 293 g/mol. The van der Waals surface area contributed by atoms with E-state index in [-0.39, 0.29) is 23.6 Å². The lowest BCUT2D eigenvalue weighted by molar-refractivity contribution is -0.129. The van der Waals surface area contributed by atoms with Gasteiger partial charge in [-0.05, 0) is 44.9 Å². The number of nitrogens with two attached hydrogens (primary N) is 1. The molecule has 0 saturated heterocycles. The van der Waals surface area contributed by atoms with Gasteiger partial charge in [0.05, 0.1) is 6.04 Å². The van der Waals surface area contributed by atoms with Crippen LogP contribution in [0.25, 0.3) is 0 Å². The fourth-order valence-corrected chi connectivity index (χ4v) is 1.77. The topological polar surface area (TPSA) is 104 Å². The lowest BCUT2D eigenvalue weighted by Crippen LogP contribution is -2.51. The van der Waals surface area contributed by atoms with Gasteiger partial charge < -0.3 is 21.5 Å². The molecular formula is C15H23N3O3. The normalized spacial score (nSPS) is 13.6. The molecule has 0 aromatic heterocycles. The van der Waals surface area contributed by atoms with Crippen LogP contribution in [0, 0.1) is 0 Å². The Bertz CT molecular complexity index is 485. The summed E-state index contributed by atoms with van der Waals surface area (Å²) in [6.45, 7) is 5.31. The van der Waals surface area contributed by atoms with Crippen LogP contribution in [-0.4, -0.2) is 35.0 Å². The molecule has 1 rings (SSSR count). The highest BCUT2D eigenvalue weighted by atomic mass is 16.3. The highest BCUT2D eigenvalue weighted by Crippen LogP contribution is 2.10. The summed E-state index contributed by atoms with van der Waals surface area (Å²) in [6.07, 6.45) is 0.338. The zero-order chi connectivity index (χ0) is 16.0. The Morgan fingerprint density at radius 3 is 2.19 bits per heavy atom. The number of nitrogens with one attached hydrogen (secondary N) is 2. The molecular weight excluding hydrogens is 270 g/mol. The van der Waals surface area contributed by atoms with Gasteiger partial charge in [0.1, 0.15) is 11.8 Å². The van der Waals surface area contributed by atoms with E-state index in [0.717, 1.165) is 5.56 Å². The predicted molar refractivity (Wildman–Crippen MR) is 80.7 cm³/mol. The number of amides is 2. The zero-order valence-electron chi connectivity index (χ0n) is 12.6. The molecule has 6 nitrogen and oxygen atoms in total. The highest BCUT2D eigenvalue weighted by molar-refractivity contribution is 5.89. The summed E-state index contributed by atoms with van der Waals surface area (Å²) in [5.74, 6) is -0.458. The SMILES string of the molecule is CC(C)NC(=O)C(C)NC(=O)[C@@H](N)Cc1ccc(O)cc1. The van der Waals surface area contributed by atoms with Crippen molar-refractivity contribution in [1.82, 2.24) is 10.6 Å². The third-order valence-corrected chi connectivity index (χ3v) is 2.91. The quantitative estimate of drug-likeness (QED) is 0.605. The summed E-state index contributed by atoms with van der Waals surface area (Å²) >= 11 is 0. The second-order valence-electron chi connectivity index (χ2n) is 5.37. The number of hydrogen-bond donors (Lipinski definition) is 4. The number of aromatic hydroxyl groups is 1. The first-order chi connectivity index (χ1) is 9.79. The van der Waals surface area contributed by atoms with E-state index in [4.69, 9.17) is 5.73 Å². The standard InChI is InChI=1S/C15H23N3O3/c1-9(2)17-14(20)10(3)18-15(21)13(16)8-11-4-6-12(19)7-5-11/h4-7,9-10,13,19H,8,16H2,1-3H3,(H,17,20)(H,18,21)/t10?,13-/m0/s1. The molecule has 0 spiro atoms. The molecule has 2 amide bonds. The second-order valence-corrected chi connectivity index (χ2v) is 5.37. The Morgan fingerprint density at radius 1 is 1.10 bits per heavy atom. The Balaban J connectivity index is 2.50. The average molecular weight is 293 g/mol. The van der Waals surface area contributed by atoms with E-state index < -0.39 is 12.1 Å². The minimum Gasteiger partial charge on any atom is -0.508 e. The maximum absolute atomic E-state index is 11.9. The van der Waals surface area contributed by atoms with Crippen LogP contribution < -0.4 is 16.4 Å². The molecule has 1 unspecified atom stereocenters. The first kappa shape index (κ1) is 17.0. The molecule has 0 aliphatic rings. The van der Waals surface area contributed by atoms with Crippen LogP contribution in [0.1, 0.15) is 26.3 Å². The molecule has 0 bridgehead atoms. The molecule has 0 heterocycles.